The van der Waals surface area contributed by atoms with Crippen molar-refractivity contribution in [2.75, 3.05) is 6.54 Å². The van der Waals surface area contributed by atoms with Crippen molar-refractivity contribution in [3.05, 3.63) is 55.8 Å². The first-order valence-electron chi connectivity index (χ1n) is 8.96. The molecule has 0 aliphatic carbocycles. The van der Waals surface area contributed by atoms with E-state index in [-0.39, 0.29) is 24.0 Å². The average Bonchev–Trinajstić information content (AvgIpc) is 3.31. The van der Waals surface area contributed by atoms with Crippen LogP contribution in [0.4, 0.5) is 5.69 Å². The van der Waals surface area contributed by atoms with E-state index in [1.54, 1.807) is 26.1 Å². The van der Waals surface area contributed by atoms with Crippen molar-refractivity contribution in [1.82, 2.24) is 34.7 Å². The molecule has 0 saturated carbocycles. The number of aryl methyl sites for hydroxylation is 3. The summed E-state index contributed by atoms with van der Waals surface area (Å²) in [4.78, 5) is 22.9. The highest BCUT2D eigenvalue weighted by Gasteiger charge is 2.22. The van der Waals surface area contributed by atoms with E-state index in [0.29, 0.717) is 24.5 Å². The van der Waals surface area contributed by atoms with Crippen molar-refractivity contribution in [2.45, 2.75) is 40.4 Å². The monoisotopic (exact) mass is 464 g/mol. The van der Waals surface area contributed by atoms with E-state index in [0.717, 1.165) is 16.6 Å². The van der Waals surface area contributed by atoms with Crippen molar-refractivity contribution >= 4 is 27.5 Å². The molecule has 3 heterocycles. The molecule has 0 radical (unpaired) electrons. The molecule has 3 rings (SSSR count). The minimum atomic E-state index is -0.445. The van der Waals surface area contributed by atoms with Gasteiger partial charge in [-0.25, -0.2) is 4.68 Å². The van der Waals surface area contributed by atoms with Gasteiger partial charge in [0, 0.05) is 25.5 Å². The molecule has 0 bridgehead atoms. The Morgan fingerprint density at radius 2 is 1.97 bits per heavy atom. The summed E-state index contributed by atoms with van der Waals surface area (Å²) >= 11 is 3.42. The van der Waals surface area contributed by atoms with Gasteiger partial charge in [-0.1, -0.05) is 0 Å². The highest BCUT2D eigenvalue weighted by molar-refractivity contribution is 9.10. The number of halogens is 1. The standard InChI is InChI=1S/C17H21BrN8O3/c1-11-14(18)9-23(20-11)7-4-6-19-17(27)15-5-8-24(22-15)10-25-13(3)16(26(28)29)12(2)21-25/h5,8-9H,4,6-7,10H2,1-3H3,(H,19,27). The lowest BCUT2D eigenvalue weighted by atomic mass is 10.3. The van der Waals surface area contributed by atoms with E-state index >= 15 is 0 Å². The Morgan fingerprint density at radius 1 is 1.21 bits per heavy atom. The predicted molar refractivity (Wildman–Crippen MR) is 108 cm³/mol. The summed E-state index contributed by atoms with van der Waals surface area (Å²) in [5, 5.41) is 26.7. The van der Waals surface area contributed by atoms with E-state index in [1.165, 1.54) is 9.36 Å². The summed E-state index contributed by atoms with van der Waals surface area (Å²) in [7, 11) is 0. The van der Waals surface area contributed by atoms with Crippen LogP contribution in [0.15, 0.2) is 22.9 Å². The molecule has 3 aromatic rings. The summed E-state index contributed by atoms with van der Waals surface area (Å²) in [5.41, 5.74) is 1.98. The molecule has 0 aliphatic rings. The molecule has 29 heavy (non-hydrogen) atoms. The summed E-state index contributed by atoms with van der Waals surface area (Å²) in [6.07, 6.45) is 4.28. The van der Waals surface area contributed by atoms with Crippen LogP contribution in [0.2, 0.25) is 0 Å². The number of hydrogen-bond donors (Lipinski definition) is 1. The number of amides is 1. The number of nitro groups is 1. The topological polar surface area (TPSA) is 126 Å². The first kappa shape index (κ1) is 20.7. The lowest BCUT2D eigenvalue weighted by Crippen LogP contribution is -2.26. The van der Waals surface area contributed by atoms with Crippen LogP contribution in [0.1, 0.15) is 34.0 Å². The molecule has 0 atom stereocenters. The maximum Gasteiger partial charge on any atom is 0.312 e. The summed E-state index contributed by atoms with van der Waals surface area (Å²) in [5.74, 6) is -0.277. The number of nitrogens with zero attached hydrogens (tertiary/aromatic N) is 7. The number of aromatic nitrogens is 6. The maximum absolute atomic E-state index is 12.3. The van der Waals surface area contributed by atoms with Crippen LogP contribution in [0.3, 0.4) is 0 Å². The van der Waals surface area contributed by atoms with Crippen LogP contribution in [0.5, 0.6) is 0 Å². The Labute approximate surface area is 175 Å². The lowest BCUT2D eigenvalue weighted by Gasteiger charge is -2.05. The van der Waals surface area contributed by atoms with Gasteiger partial charge in [0.05, 0.1) is 15.1 Å². The molecule has 0 aromatic carbocycles. The summed E-state index contributed by atoms with van der Waals surface area (Å²) in [6, 6.07) is 1.60. The number of carbonyl (C=O) groups is 1. The third kappa shape index (κ3) is 4.70. The Kier molecular flexibility index (Phi) is 6.11. The second kappa shape index (κ2) is 8.55. The van der Waals surface area contributed by atoms with Crippen molar-refractivity contribution in [1.29, 1.82) is 0 Å². The fourth-order valence-electron chi connectivity index (χ4n) is 2.93. The molecule has 3 aromatic heterocycles. The van der Waals surface area contributed by atoms with E-state index in [1.807, 2.05) is 17.8 Å². The number of carbonyl (C=O) groups excluding carboxylic acids is 1. The fourth-order valence-corrected chi connectivity index (χ4v) is 3.25. The number of rotatable bonds is 8. The van der Waals surface area contributed by atoms with Gasteiger partial charge >= 0.3 is 5.69 Å². The second-order valence-electron chi connectivity index (χ2n) is 6.59. The molecular weight excluding hydrogens is 444 g/mol. The molecule has 0 fully saturated rings. The third-order valence-corrected chi connectivity index (χ3v) is 5.19. The fraction of sp³-hybridized carbons (Fsp3) is 0.412. The van der Waals surface area contributed by atoms with Crippen molar-refractivity contribution < 1.29 is 9.72 Å². The average molecular weight is 465 g/mol. The first-order chi connectivity index (χ1) is 13.8. The molecule has 0 unspecified atom stereocenters. The van der Waals surface area contributed by atoms with Gasteiger partial charge in [-0.3, -0.25) is 24.3 Å². The number of nitrogens with one attached hydrogen (secondary N) is 1. The van der Waals surface area contributed by atoms with Gasteiger partial charge in [0.25, 0.3) is 5.91 Å². The molecule has 12 heteroatoms. The minimum Gasteiger partial charge on any atom is -0.351 e. The predicted octanol–water partition coefficient (Wildman–Crippen LogP) is 2.20. The second-order valence-corrected chi connectivity index (χ2v) is 7.45. The minimum absolute atomic E-state index is 0.00507. The van der Waals surface area contributed by atoms with Gasteiger partial charge < -0.3 is 5.32 Å². The van der Waals surface area contributed by atoms with Crippen LogP contribution in [0, 0.1) is 30.9 Å². The van der Waals surface area contributed by atoms with E-state index in [2.05, 4.69) is 36.5 Å². The highest BCUT2D eigenvalue weighted by Crippen LogP contribution is 2.21. The molecule has 1 amide bonds. The Morgan fingerprint density at radius 3 is 2.59 bits per heavy atom. The Hall–Kier alpha value is -3.02. The third-order valence-electron chi connectivity index (χ3n) is 4.41. The lowest BCUT2D eigenvalue weighted by molar-refractivity contribution is -0.386. The van der Waals surface area contributed by atoms with Crippen LogP contribution in [-0.2, 0) is 13.2 Å². The van der Waals surface area contributed by atoms with E-state index in [9.17, 15) is 14.9 Å². The summed E-state index contributed by atoms with van der Waals surface area (Å²) < 4.78 is 5.79. The number of hydrogen-bond acceptors (Lipinski definition) is 6. The van der Waals surface area contributed by atoms with Gasteiger partial charge in [-0.15, -0.1) is 0 Å². The molecular formula is C17H21BrN8O3. The molecule has 154 valence electrons. The van der Waals surface area contributed by atoms with Crippen molar-refractivity contribution in [2.24, 2.45) is 0 Å². The summed E-state index contributed by atoms with van der Waals surface area (Å²) in [6.45, 7) is 6.51. The van der Waals surface area contributed by atoms with Gasteiger partial charge in [0.2, 0.25) is 0 Å². The SMILES string of the molecule is Cc1nn(CCCNC(=O)c2ccn(Cn3nc(C)c([N+](=O)[O-])c3C)n2)cc1Br. The quantitative estimate of drug-likeness (QED) is 0.309. The Bertz CT molecular complexity index is 1030. The van der Waals surface area contributed by atoms with E-state index in [4.69, 9.17) is 0 Å². The highest BCUT2D eigenvalue weighted by atomic mass is 79.9. The Balaban J connectivity index is 1.53. The van der Waals surface area contributed by atoms with Gasteiger partial charge in [-0.2, -0.15) is 15.3 Å². The van der Waals surface area contributed by atoms with Crippen LogP contribution < -0.4 is 5.32 Å². The largest absolute Gasteiger partial charge is 0.351 e. The molecule has 0 aliphatic heterocycles. The first-order valence-corrected chi connectivity index (χ1v) is 9.75. The molecule has 0 saturated heterocycles. The molecule has 0 spiro atoms. The normalized spacial score (nSPS) is 11.0. The van der Waals surface area contributed by atoms with Crippen LogP contribution in [0.25, 0.3) is 0 Å². The van der Waals surface area contributed by atoms with Gasteiger partial charge in [0.15, 0.2) is 0 Å². The van der Waals surface area contributed by atoms with Crippen LogP contribution >= 0.6 is 15.9 Å². The van der Waals surface area contributed by atoms with Crippen molar-refractivity contribution in [3.8, 4) is 0 Å². The van der Waals surface area contributed by atoms with Gasteiger partial charge in [0.1, 0.15) is 23.8 Å². The zero-order chi connectivity index (χ0) is 21.1. The van der Waals surface area contributed by atoms with Crippen molar-refractivity contribution in [3.63, 3.8) is 0 Å². The molecule has 1 N–H and O–H groups in total. The van der Waals surface area contributed by atoms with Gasteiger partial charge in [-0.05, 0) is 49.2 Å². The van der Waals surface area contributed by atoms with E-state index < -0.39 is 4.92 Å². The zero-order valence-corrected chi connectivity index (χ0v) is 17.9. The zero-order valence-electron chi connectivity index (χ0n) is 16.3. The van der Waals surface area contributed by atoms with Crippen LogP contribution in [-0.4, -0.2) is 46.7 Å². The smallest absolute Gasteiger partial charge is 0.312 e. The maximum atomic E-state index is 12.3. The molecule has 11 nitrogen and oxygen atoms in total.